The topological polar surface area (TPSA) is 35.5 Å². The first-order valence-corrected chi connectivity index (χ1v) is 11.0. The zero-order valence-electron chi connectivity index (χ0n) is 18.3. The molecule has 6 heteroatoms. The Kier molecular flexibility index (Phi) is 10.7. The Bertz CT molecular complexity index is 876. The number of rotatable bonds is 11. The van der Waals surface area contributed by atoms with E-state index in [-0.39, 0.29) is 19.0 Å². The Hall–Kier alpha value is -2.94. The van der Waals surface area contributed by atoms with E-state index in [0.29, 0.717) is 17.9 Å². The molecule has 172 valence electrons. The smallest absolute Gasteiger partial charge is 0.389 e. The van der Waals surface area contributed by atoms with Crippen LogP contribution in [-0.2, 0) is 4.79 Å². The van der Waals surface area contributed by atoms with Gasteiger partial charge in [-0.2, -0.15) is 13.2 Å². The van der Waals surface area contributed by atoms with Crippen LogP contribution >= 0.6 is 0 Å². The Labute approximate surface area is 187 Å². The minimum Gasteiger partial charge on any atom is -0.494 e. The van der Waals surface area contributed by atoms with Crippen molar-refractivity contribution in [2.75, 3.05) is 6.61 Å². The average Bonchev–Trinajstić information content (AvgIpc) is 2.76. The maximum absolute atomic E-state index is 12.1. The normalized spacial score (nSPS) is 10.9. The second-order valence-corrected chi connectivity index (χ2v) is 7.50. The van der Waals surface area contributed by atoms with E-state index in [2.05, 4.69) is 18.8 Å². The molecular formula is C26H29F3O3. The average molecular weight is 447 g/mol. The standard InChI is InChI=1S/C26H29F3O3/c1-2-3-4-5-6-8-25(30)32-24-17-13-22(14-18-24)10-9-21-11-15-23(16-12-21)31-20-7-19-26(27,28)29/h11-18H,2-8,19-20H2,1H3. The molecule has 0 amide bonds. The fraction of sp³-hybridized carbons (Fsp3) is 0.423. The highest BCUT2D eigenvalue weighted by atomic mass is 19.4. The summed E-state index contributed by atoms with van der Waals surface area (Å²) in [4.78, 5) is 11.9. The maximum Gasteiger partial charge on any atom is 0.389 e. The maximum atomic E-state index is 12.1. The summed E-state index contributed by atoms with van der Waals surface area (Å²) in [6.45, 7) is 2.17. The Morgan fingerprint density at radius 1 is 0.812 bits per heavy atom. The van der Waals surface area contributed by atoms with Gasteiger partial charge in [-0.15, -0.1) is 0 Å². The number of benzene rings is 2. The van der Waals surface area contributed by atoms with Crippen molar-refractivity contribution in [3.8, 4) is 23.3 Å². The molecule has 0 bridgehead atoms. The monoisotopic (exact) mass is 446 g/mol. The lowest BCUT2D eigenvalue weighted by atomic mass is 10.1. The molecule has 0 heterocycles. The third kappa shape index (κ3) is 10.9. The highest BCUT2D eigenvalue weighted by Gasteiger charge is 2.26. The van der Waals surface area contributed by atoms with Gasteiger partial charge in [0.15, 0.2) is 0 Å². The molecule has 0 fully saturated rings. The summed E-state index contributed by atoms with van der Waals surface area (Å²) >= 11 is 0. The summed E-state index contributed by atoms with van der Waals surface area (Å²) in [5, 5.41) is 0. The van der Waals surface area contributed by atoms with Gasteiger partial charge in [0.25, 0.3) is 0 Å². The van der Waals surface area contributed by atoms with Gasteiger partial charge in [0, 0.05) is 24.0 Å². The van der Waals surface area contributed by atoms with Gasteiger partial charge in [-0.05, 0) is 61.4 Å². The lowest BCUT2D eigenvalue weighted by molar-refractivity contribution is -0.136. The van der Waals surface area contributed by atoms with Crippen LogP contribution in [0.4, 0.5) is 13.2 Å². The van der Waals surface area contributed by atoms with Crippen LogP contribution in [0.2, 0.25) is 0 Å². The molecule has 0 saturated carbocycles. The number of carbonyl (C=O) groups is 1. The van der Waals surface area contributed by atoms with Crippen molar-refractivity contribution < 1.29 is 27.4 Å². The van der Waals surface area contributed by atoms with E-state index in [1.165, 1.54) is 12.8 Å². The fourth-order valence-electron chi connectivity index (χ4n) is 2.90. The number of unbranched alkanes of at least 4 members (excludes halogenated alkanes) is 4. The van der Waals surface area contributed by atoms with Gasteiger partial charge < -0.3 is 9.47 Å². The molecule has 0 aromatic heterocycles. The number of alkyl halides is 3. The molecule has 0 unspecified atom stereocenters. The second-order valence-electron chi connectivity index (χ2n) is 7.50. The predicted octanol–water partition coefficient (Wildman–Crippen LogP) is 7.07. The number of carbonyl (C=O) groups excluding carboxylic acids is 1. The number of ether oxygens (including phenoxy) is 2. The van der Waals surface area contributed by atoms with Crippen LogP contribution in [0.3, 0.4) is 0 Å². The van der Waals surface area contributed by atoms with Crippen molar-refractivity contribution in [2.24, 2.45) is 0 Å². The number of halogens is 3. The third-order valence-corrected chi connectivity index (χ3v) is 4.65. The SMILES string of the molecule is CCCCCCCC(=O)Oc1ccc(C#Cc2ccc(OCCCC(F)(F)F)cc2)cc1. The zero-order valence-corrected chi connectivity index (χ0v) is 18.3. The molecule has 0 radical (unpaired) electrons. The Morgan fingerprint density at radius 3 is 1.94 bits per heavy atom. The van der Waals surface area contributed by atoms with Crippen molar-refractivity contribution in [1.82, 2.24) is 0 Å². The molecule has 32 heavy (non-hydrogen) atoms. The first-order valence-electron chi connectivity index (χ1n) is 11.0. The highest BCUT2D eigenvalue weighted by Crippen LogP contribution is 2.21. The van der Waals surface area contributed by atoms with Gasteiger partial charge in [-0.3, -0.25) is 4.79 Å². The van der Waals surface area contributed by atoms with Crippen LogP contribution in [0.25, 0.3) is 0 Å². The fourth-order valence-corrected chi connectivity index (χ4v) is 2.90. The minimum absolute atomic E-state index is 0.0142. The van der Waals surface area contributed by atoms with Gasteiger partial charge in [-0.25, -0.2) is 0 Å². The molecule has 3 nitrogen and oxygen atoms in total. The summed E-state index contributed by atoms with van der Waals surface area (Å²) in [7, 11) is 0. The third-order valence-electron chi connectivity index (χ3n) is 4.65. The molecule has 0 spiro atoms. The van der Waals surface area contributed by atoms with Crippen molar-refractivity contribution >= 4 is 5.97 Å². The summed E-state index contributed by atoms with van der Waals surface area (Å²) in [6.07, 6.45) is 0.749. The van der Waals surface area contributed by atoms with Crippen molar-refractivity contribution in [3.63, 3.8) is 0 Å². The highest BCUT2D eigenvalue weighted by molar-refractivity contribution is 5.72. The van der Waals surface area contributed by atoms with Crippen LogP contribution in [0, 0.1) is 11.8 Å². The number of hydrogen-bond donors (Lipinski definition) is 0. The molecule has 2 aromatic carbocycles. The molecule has 0 N–H and O–H groups in total. The van der Waals surface area contributed by atoms with E-state index in [1.807, 2.05) is 0 Å². The Balaban J connectivity index is 1.76. The first-order chi connectivity index (χ1) is 15.4. The van der Waals surface area contributed by atoms with Crippen molar-refractivity contribution in [3.05, 3.63) is 59.7 Å². The lowest BCUT2D eigenvalue weighted by Crippen LogP contribution is -2.09. The zero-order chi connectivity index (χ0) is 23.2. The minimum atomic E-state index is -4.16. The largest absolute Gasteiger partial charge is 0.494 e. The lowest BCUT2D eigenvalue weighted by Gasteiger charge is -2.08. The molecule has 0 aliphatic heterocycles. The molecular weight excluding hydrogens is 417 g/mol. The quantitative estimate of drug-likeness (QED) is 0.160. The van der Waals surface area contributed by atoms with Gasteiger partial charge in [0.05, 0.1) is 6.61 Å². The van der Waals surface area contributed by atoms with Crippen LogP contribution < -0.4 is 9.47 Å². The molecule has 2 aromatic rings. The van der Waals surface area contributed by atoms with E-state index in [4.69, 9.17) is 9.47 Å². The molecule has 2 rings (SSSR count). The summed E-state index contributed by atoms with van der Waals surface area (Å²) < 4.78 is 47.0. The molecule has 0 aliphatic carbocycles. The van der Waals surface area contributed by atoms with Crippen LogP contribution in [-0.4, -0.2) is 18.8 Å². The van der Waals surface area contributed by atoms with E-state index in [1.54, 1.807) is 48.5 Å². The van der Waals surface area contributed by atoms with Gasteiger partial charge in [0.2, 0.25) is 0 Å². The van der Waals surface area contributed by atoms with Crippen molar-refractivity contribution in [2.45, 2.75) is 64.5 Å². The van der Waals surface area contributed by atoms with E-state index >= 15 is 0 Å². The summed E-state index contributed by atoms with van der Waals surface area (Å²) in [5.74, 6) is 6.83. The molecule has 0 atom stereocenters. The van der Waals surface area contributed by atoms with Crippen LogP contribution in [0.1, 0.15) is 69.4 Å². The van der Waals surface area contributed by atoms with Crippen LogP contribution in [0.5, 0.6) is 11.5 Å². The predicted molar refractivity (Wildman–Crippen MR) is 119 cm³/mol. The molecule has 0 aliphatic rings. The van der Waals surface area contributed by atoms with Gasteiger partial charge >= 0.3 is 12.1 Å². The summed E-state index contributed by atoms with van der Waals surface area (Å²) in [5.41, 5.74) is 1.53. The van der Waals surface area contributed by atoms with E-state index < -0.39 is 12.6 Å². The van der Waals surface area contributed by atoms with Crippen LogP contribution in [0.15, 0.2) is 48.5 Å². The first kappa shape index (κ1) is 25.3. The second kappa shape index (κ2) is 13.5. The van der Waals surface area contributed by atoms with Crippen molar-refractivity contribution in [1.29, 1.82) is 0 Å². The van der Waals surface area contributed by atoms with Gasteiger partial charge in [0.1, 0.15) is 11.5 Å². The van der Waals surface area contributed by atoms with Gasteiger partial charge in [-0.1, -0.05) is 44.4 Å². The number of esters is 1. The van der Waals surface area contributed by atoms with E-state index in [9.17, 15) is 18.0 Å². The summed E-state index contributed by atoms with van der Waals surface area (Å²) in [6, 6.07) is 13.9. The van der Waals surface area contributed by atoms with E-state index in [0.717, 1.165) is 30.4 Å². The number of hydrogen-bond acceptors (Lipinski definition) is 3. The Morgan fingerprint density at radius 2 is 1.38 bits per heavy atom. The molecule has 0 saturated heterocycles.